The minimum absolute atomic E-state index is 0.176. The van der Waals surface area contributed by atoms with Crippen molar-refractivity contribution in [3.05, 3.63) is 29.8 Å². The third-order valence-electron chi connectivity index (χ3n) is 2.55. The molecular formula is C13H19N5O. The van der Waals surface area contributed by atoms with E-state index in [1.165, 1.54) is 0 Å². The van der Waals surface area contributed by atoms with Crippen LogP contribution in [0.5, 0.6) is 5.75 Å². The van der Waals surface area contributed by atoms with Gasteiger partial charge in [0.15, 0.2) is 0 Å². The number of hydrogen-bond donors (Lipinski definition) is 1. The lowest BCUT2D eigenvalue weighted by molar-refractivity contribution is 0.242. The Morgan fingerprint density at radius 3 is 2.95 bits per heavy atom. The lowest BCUT2D eigenvalue weighted by Crippen LogP contribution is -2.09. The van der Waals surface area contributed by atoms with Crippen molar-refractivity contribution in [1.82, 2.24) is 20.2 Å². The fraction of sp³-hybridized carbons (Fsp3) is 0.462. The lowest BCUT2D eigenvalue weighted by Gasteiger charge is -2.11. The molecule has 19 heavy (non-hydrogen) atoms. The average molecular weight is 261 g/mol. The number of nitrogens with zero attached hydrogens (tertiary/aromatic N) is 4. The van der Waals surface area contributed by atoms with Gasteiger partial charge < -0.3 is 10.1 Å². The second-order valence-electron chi connectivity index (χ2n) is 4.49. The van der Waals surface area contributed by atoms with Crippen LogP contribution in [0, 0.1) is 0 Å². The predicted octanol–water partition coefficient (Wildman–Crippen LogP) is 2.09. The van der Waals surface area contributed by atoms with Gasteiger partial charge >= 0.3 is 0 Å². The summed E-state index contributed by atoms with van der Waals surface area (Å²) in [4.78, 5) is 0. The largest absolute Gasteiger partial charge is 0.491 e. The zero-order valence-corrected chi connectivity index (χ0v) is 11.5. The Labute approximate surface area is 112 Å². The monoisotopic (exact) mass is 261 g/mol. The molecule has 0 bridgehead atoms. The quantitative estimate of drug-likeness (QED) is 0.862. The molecule has 6 nitrogen and oxygen atoms in total. The van der Waals surface area contributed by atoms with Crippen LogP contribution in [-0.4, -0.2) is 26.3 Å². The standard InChI is InChI=1S/C13H19N5O/c1-4-18-13(15-16-17-18)14-9-11-6-5-7-12(8-11)19-10(2)3/h5-8,10H,4,9H2,1-3H3,(H,14,15,17). The number of nitrogens with one attached hydrogen (secondary N) is 1. The van der Waals surface area contributed by atoms with Gasteiger partial charge in [0, 0.05) is 13.1 Å². The van der Waals surface area contributed by atoms with E-state index in [1.54, 1.807) is 4.68 Å². The van der Waals surface area contributed by atoms with Crippen molar-refractivity contribution in [2.75, 3.05) is 5.32 Å². The summed E-state index contributed by atoms with van der Waals surface area (Å²) in [5, 5.41) is 14.7. The van der Waals surface area contributed by atoms with Gasteiger partial charge in [0.1, 0.15) is 5.75 Å². The average Bonchev–Trinajstić information content (AvgIpc) is 2.83. The summed E-state index contributed by atoms with van der Waals surface area (Å²) in [5.41, 5.74) is 1.13. The Kier molecular flexibility index (Phi) is 4.33. The number of aryl methyl sites for hydroxylation is 1. The summed E-state index contributed by atoms with van der Waals surface area (Å²) < 4.78 is 7.38. The number of rotatable bonds is 6. The maximum absolute atomic E-state index is 5.66. The van der Waals surface area contributed by atoms with Crippen LogP contribution in [0.15, 0.2) is 24.3 Å². The normalized spacial score (nSPS) is 10.7. The molecule has 0 saturated heterocycles. The van der Waals surface area contributed by atoms with Crippen LogP contribution in [0.4, 0.5) is 5.95 Å². The Bertz CT molecular complexity index is 523. The number of hydrogen-bond acceptors (Lipinski definition) is 5. The highest BCUT2D eigenvalue weighted by molar-refractivity contribution is 5.32. The van der Waals surface area contributed by atoms with Crippen molar-refractivity contribution >= 4 is 5.95 Å². The number of aromatic nitrogens is 4. The number of ether oxygens (including phenoxy) is 1. The Morgan fingerprint density at radius 1 is 1.37 bits per heavy atom. The second-order valence-corrected chi connectivity index (χ2v) is 4.49. The zero-order valence-electron chi connectivity index (χ0n) is 11.5. The minimum atomic E-state index is 0.176. The fourth-order valence-electron chi connectivity index (χ4n) is 1.73. The summed E-state index contributed by atoms with van der Waals surface area (Å²) in [6.45, 7) is 7.43. The number of anilines is 1. The van der Waals surface area contributed by atoms with Crippen LogP contribution >= 0.6 is 0 Å². The molecule has 2 aromatic rings. The van der Waals surface area contributed by atoms with Gasteiger partial charge in [-0.3, -0.25) is 0 Å². The molecular weight excluding hydrogens is 242 g/mol. The molecule has 0 saturated carbocycles. The summed E-state index contributed by atoms with van der Waals surface area (Å²) >= 11 is 0. The molecule has 1 aromatic carbocycles. The molecule has 0 radical (unpaired) electrons. The maximum Gasteiger partial charge on any atom is 0.243 e. The molecule has 0 fully saturated rings. The van der Waals surface area contributed by atoms with Crippen LogP contribution in [0.2, 0.25) is 0 Å². The lowest BCUT2D eigenvalue weighted by atomic mass is 10.2. The van der Waals surface area contributed by atoms with Crippen LogP contribution < -0.4 is 10.1 Å². The molecule has 0 atom stereocenters. The van der Waals surface area contributed by atoms with Crippen molar-refractivity contribution in [2.24, 2.45) is 0 Å². The molecule has 1 aromatic heterocycles. The Balaban J connectivity index is 1.99. The van der Waals surface area contributed by atoms with E-state index in [-0.39, 0.29) is 6.10 Å². The van der Waals surface area contributed by atoms with Gasteiger partial charge in [-0.25, -0.2) is 4.68 Å². The molecule has 1 N–H and O–H groups in total. The maximum atomic E-state index is 5.66. The highest BCUT2D eigenvalue weighted by Gasteiger charge is 2.04. The van der Waals surface area contributed by atoms with E-state index < -0.39 is 0 Å². The summed E-state index contributed by atoms with van der Waals surface area (Å²) in [7, 11) is 0. The topological polar surface area (TPSA) is 64.9 Å². The van der Waals surface area contributed by atoms with E-state index in [0.29, 0.717) is 12.5 Å². The van der Waals surface area contributed by atoms with Crippen LogP contribution in [-0.2, 0) is 13.1 Å². The van der Waals surface area contributed by atoms with E-state index in [9.17, 15) is 0 Å². The second kappa shape index (κ2) is 6.17. The van der Waals surface area contributed by atoms with Gasteiger partial charge in [-0.1, -0.05) is 17.2 Å². The van der Waals surface area contributed by atoms with Crippen LogP contribution in [0.1, 0.15) is 26.3 Å². The van der Waals surface area contributed by atoms with E-state index in [2.05, 4.69) is 20.8 Å². The van der Waals surface area contributed by atoms with E-state index in [4.69, 9.17) is 4.74 Å². The molecule has 0 aliphatic heterocycles. The van der Waals surface area contributed by atoms with Crippen molar-refractivity contribution in [2.45, 2.75) is 40.0 Å². The molecule has 0 aliphatic rings. The molecule has 0 spiro atoms. The molecule has 102 valence electrons. The number of tetrazole rings is 1. The third kappa shape index (κ3) is 3.67. The molecule has 6 heteroatoms. The first-order chi connectivity index (χ1) is 9.19. The summed E-state index contributed by atoms with van der Waals surface area (Å²) in [6.07, 6.45) is 0.176. The first-order valence-electron chi connectivity index (χ1n) is 6.44. The fourth-order valence-corrected chi connectivity index (χ4v) is 1.73. The summed E-state index contributed by atoms with van der Waals surface area (Å²) in [6, 6.07) is 8.00. The van der Waals surface area contributed by atoms with Crippen molar-refractivity contribution in [3.63, 3.8) is 0 Å². The molecule has 0 aliphatic carbocycles. The van der Waals surface area contributed by atoms with Gasteiger partial charge in [0.2, 0.25) is 5.95 Å². The number of benzene rings is 1. The van der Waals surface area contributed by atoms with Gasteiger partial charge in [-0.05, 0) is 48.9 Å². The predicted molar refractivity (Wildman–Crippen MR) is 73.0 cm³/mol. The molecule has 0 amide bonds. The molecule has 2 rings (SSSR count). The highest BCUT2D eigenvalue weighted by atomic mass is 16.5. The van der Waals surface area contributed by atoms with E-state index in [0.717, 1.165) is 17.9 Å². The first kappa shape index (κ1) is 13.3. The minimum Gasteiger partial charge on any atom is -0.491 e. The van der Waals surface area contributed by atoms with E-state index >= 15 is 0 Å². The van der Waals surface area contributed by atoms with Crippen LogP contribution in [0.3, 0.4) is 0 Å². The van der Waals surface area contributed by atoms with Gasteiger partial charge in [-0.15, -0.1) is 0 Å². The smallest absolute Gasteiger partial charge is 0.243 e. The van der Waals surface area contributed by atoms with Crippen LogP contribution in [0.25, 0.3) is 0 Å². The third-order valence-corrected chi connectivity index (χ3v) is 2.55. The van der Waals surface area contributed by atoms with Crippen molar-refractivity contribution in [1.29, 1.82) is 0 Å². The van der Waals surface area contributed by atoms with Crippen molar-refractivity contribution in [3.8, 4) is 5.75 Å². The Hall–Kier alpha value is -2.11. The zero-order chi connectivity index (χ0) is 13.7. The van der Waals surface area contributed by atoms with Gasteiger partial charge in [-0.2, -0.15) is 0 Å². The van der Waals surface area contributed by atoms with Gasteiger partial charge in [0.05, 0.1) is 6.10 Å². The summed E-state index contributed by atoms with van der Waals surface area (Å²) in [5.74, 6) is 1.56. The first-order valence-corrected chi connectivity index (χ1v) is 6.44. The highest BCUT2D eigenvalue weighted by Crippen LogP contribution is 2.15. The molecule has 1 heterocycles. The van der Waals surface area contributed by atoms with Gasteiger partial charge in [0.25, 0.3) is 0 Å². The Morgan fingerprint density at radius 2 is 2.21 bits per heavy atom. The van der Waals surface area contributed by atoms with E-state index in [1.807, 2.05) is 45.0 Å². The molecule has 0 unspecified atom stereocenters. The SMILES string of the molecule is CCn1nnnc1NCc1cccc(OC(C)C)c1. The van der Waals surface area contributed by atoms with Crippen molar-refractivity contribution < 1.29 is 4.74 Å².